The molecule has 5 nitrogen and oxygen atoms in total. The van der Waals surface area contributed by atoms with Gasteiger partial charge >= 0.3 is 0 Å². The Morgan fingerprint density at radius 1 is 0.897 bits per heavy atom. The van der Waals surface area contributed by atoms with Crippen molar-refractivity contribution < 1.29 is 13.2 Å². The Morgan fingerprint density at radius 3 is 2.24 bits per heavy atom. The first-order valence-electron chi connectivity index (χ1n) is 9.05. The van der Waals surface area contributed by atoms with E-state index in [1.54, 1.807) is 54.6 Å². The molecule has 29 heavy (non-hydrogen) atoms. The molecule has 2 N–H and O–H groups in total. The summed E-state index contributed by atoms with van der Waals surface area (Å²) in [6.07, 6.45) is 0. The molecule has 0 aromatic heterocycles. The van der Waals surface area contributed by atoms with Crippen molar-refractivity contribution in [3.05, 3.63) is 84.4 Å². The molecule has 1 unspecified atom stereocenters. The molecule has 0 spiro atoms. The second kappa shape index (κ2) is 9.15. The lowest BCUT2D eigenvalue weighted by molar-refractivity contribution is -0.115. The normalized spacial score (nSPS) is 12.2. The fourth-order valence-electron chi connectivity index (χ4n) is 2.64. The summed E-state index contributed by atoms with van der Waals surface area (Å²) >= 11 is 1.41. The summed E-state index contributed by atoms with van der Waals surface area (Å²) in [4.78, 5) is 13.5. The van der Waals surface area contributed by atoms with Gasteiger partial charge in [-0.15, -0.1) is 11.8 Å². The zero-order valence-corrected chi connectivity index (χ0v) is 17.8. The topological polar surface area (TPSA) is 75.3 Å². The van der Waals surface area contributed by atoms with Gasteiger partial charge in [-0.3, -0.25) is 9.52 Å². The van der Waals surface area contributed by atoms with Crippen molar-refractivity contribution in [1.29, 1.82) is 0 Å². The minimum atomic E-state index is -3.62. The molecule has 0 bridgehead atoms. The van der Waals surface area contributed by atoms with Crippen LogP contribution < -0.4 is 10.0 Å². The molecule has 0 fully saturated rings. The molecule has 150 valence electrons. The number of hydrogen-bond donors (Lipinski definition) is 2. The molecule has 0 saturated heterocycles. The smallest absolute Gasteiger partial charge is 0.261 e. The number of amides is 1. The third-order valence-electron chi connectivity index (χ3n) is 4.13. The van der Waals surface area contributed by atoms with Crippen LogP contribution in [0, 0.1) is 6.92 Å². The van der Waals surface area contributed by atoms with E-state index in [0.717, 1.165) is 16.1 Å². The maximum absolute atomic E-state index is 12.4. The molecular weight excluding hydrogens is 404 g/mol. The number of anilines is 2. The maximum atomic E-state index is 12.4. The molecule has 1 amide bonds. The van der Waals surface area contributed by atoms with Crippen molar-refractivity contribution in [2.75, 3.05) is 10.0 Å². The number of thioether (sulfide) groups is 1. The van der Waals surface area contributed by atoms with Gasteiger partial charge in [0.15, 0.2) is 0 Å². The Kier molecular flexibility index (Phi) is 6.61. The number of sulfonamides is 1. The van der Waals surface area contributed by atoms with E-state index in [4.69, 9.17) is 0 Å². The van der Waals surface area contributed by atoms with Crippen LogP contribution in [0.3, 0.4) is 0 Å². The number of aryl methyl sites for hydroxylation is 1. The van der Waals surface area contributed by atoms with Crippen LogP contribution in [0.25, 0.3) is 0 Å². The van der Waals surface area contributed by atoms with Gasteiger partial charge in [0.05, 0.1) is 10.1 Å². The van der Waals surface area contributed by atoms with Gasteiger partial charge in [-0.25, -0.2) is 8.42 Å². The van der Waals surface area contributed by atoms with E-state index in [1.165, 1.54) is 11.8 Å². The SMILES string of the molecule is Cc1cccc(NC(=O)C(C)Sc2ccc(NS(=O)(=O)c3ccccc3)cc2)c1. The summed E-state index contributed by atoms with van der Waals surface area (Å²) in [5, 5.41) is 2.61. The number of nitrogens with one attached hydrogen (secondary N) is 2. The number of rotatable bonds is 7. The van der Waals surface area contributed by atoms with Crippen molar-refractivity contribution in [3.63, 3.8) is 0 Å². The highest BCUT2D eigenvalue weighted by Gasteiger charge is 2.16. The van der Waals surface area contributed by atoms with E-state index in [2.05, 4.69) is 10.0 Å². The van der Waals surface area contributed by atoms with E-state index < -0.39 is 10.0 Å². The van der Waals surface area contributed by atoms with Crippen LogP contribution in [0.5, 0.6) is 0 Å². The summed E-state index contributed by atoms with van der Waals surface area (Å²) < 4.78 is 27.3. The summed E-state index contributed by atoms with van der Waals surface area (Å²) in [5.41, 5.74) is 2.32. The molecule has 0 radical (unpaired) electrons. The Hall–Kier alpha value is -2.77. The number of benzene rings is 3. The van der Waals surface area contributed by atoms with E-state index in [9.17, 15) is 13.2 Å². The minimum absolute atomic E-state index is 0.0885. The van der Waals surface area contributed by atoms with Gasteiger partial charge < -0.3 is 5.32 Å². The first-order valence-corrected chi connectivity index (χ1v) is 11.4. The lowest BCUT2D eigenvalue weighted by atomic mass is 10.2. The predicted octanol–water partition coefficient (Wildman–Crippen LogP) is 4.92. The highest BCUT2D eigenvalue weighted by molar-refractivity contribution is 8.00. The average Bonchev–Trinajstić information content (AvgIpc) is 2.70. The molecule has 7 heteroatoms. The molecule has 0 aliphatic rings. The van der Waals surface area contributed by atoms with Crippen molar-refractivity contribution in [3.8, 4) is 0 Å². The zero-order valence-electron chi connectivity index (χ0n) is 16.1. The van der Waals surface area contributed by atoms with Gasteiger partial charge in [0.25, 0.3) is 10.0 Å². The van der Waals surface area contributed by atoms with E-state index in [1.807, 2.05) is 38.1 Å². The Balaban J connectivity index is 1.60. The number of carbonyl (C=O) groups is 1. The van der Waals surface area contributed by atoms with Crippen LogP contribution in [-0.2, 0) is 14.8 Å². The Morgan fingerprint density at radius 2 is 1.59 bits per heavy atom. The van der Waals surface area contributed by atoms with E-state index in [0.29, 0.717) is 5.69 Å². The molecule has 3 aromatic carbocycles. The average molecular weight is 427 g/mol. The maximum Gasteiger partial charge on any atom is 0.261 e. The molecule has 0 heterocycles. The van der Waals surface area contributed by atoms with Crippen LogP contribution in [0.4, 0.5) is 11.4 Å². The van der Waals surface area contributed by atoms with Crippen LogP contribution in [0.15, 0.2) is 88.7 Å². The Labute approximate surface area is 175 Å². The van der Waals surface area contributed by atoms with Crippen molar-refractivity contribution >= 4 is 39.1 Å². The predicted molar refractivity (Wildman–Crippen MR) is 119 cm³/mol. The lowest BCUT2D eigenvalue weighted by Gasteiger charge is -2.13. The zero-order chi connectivity index (χ0) is 20.9. The van der Waals surface area contributed by atoms with Crippen molar-refractivity contribution in [1.82, 2.24) is 0 Å². The monoisotopic (exact) mass is 426 g/mol. The Bertz CT molecular complexity index is 1080. The quantitative estimate of drug-likeness (QED) is 0.526. The van der Waals surface area contributed by atoms with Crippen LogP contribution in [0.2, 0.25) is 0 Å². The first kappa shape index (κ1) is 21.0. The van der Waals surface area contributed by atoms with Gasteiger partial charge in [0, 0.05) is 16.3 Å². The third kappa shape index (κ3) is 5.85. The van der Waals surface area contributed by atoms with Gasteiger partial charge in [0.2, 0.25) is 5.91 Å². The first-order chi connectivity index (χ1) is 13.8. The summed E-state index contributed by atoms with van der Waals surface area (Å²) in [7, 11) is -3.62. The van der Waals surface area contributed by atoms with Crippen LogP contribution in [-0.4, -0.2) is 19.6 Å². The summed E-state index contributed by atoms with van der Waals surface area (Å²) in [6.45, 7) is 3.81. The molecule has 0 saturated carbocycles. The fraction of sp³-hybridized carbons (Fsp3) is 0.136. The van der Waals surface area contributed by atoms with E-state index in [-0.39, 0.29) is 16.1 Å². The molecule has 0 aliphatic heterocycles. The minimum Gasteiger partial charge on any atom is -0.325 e. The van der Waals surface area contributed by atoms with Gasteiger partial charge in [-0.2, -0.15) is 0 Å². The van der Waals surface area contributed by atoms with Crippen molar-refractivity contribution in [2.24, 2.45) is 0 Å². The molecule has 1 atom stereocenters. The molecule has 3 rings (SSSR count). The van der Waals surface area contributed by atoms with Gasteiger partial charge in [-0.05, 0) is 67.9 Å². The lowest BCUT2D eigenvalue weighted by Crippen LogP contribution is -2.22. The van der Waals surface area contributed by atoms with Crippen LogP contribution in [0.1, 0.15) is 12.5 Å². The highest BCUT2D eigenvalue weighted by atomic mass is 32.2. The number of carbonyl (C=O) groups excluding carboxylic acids is 1. The summed E-state index contributed by atoms with van der Waals surface area (Å²) in [5.74, 6) is -0.0885. The standard InChI is InChI=1S/C22H22N2O3S2/c1-16-7-6-8-19(15-16)23-22(25)17(2)28-20-13-11-18(12-14-20)24-29(26,27)21-9-4-3-5-10-21/h3-15,17,24H,1-2H3,(H,23,25). The molecular formula is C22H22N2O3S2. The van der Waals surface area contributed by atoms with Crippen molar-refractivity contribution in [2.45, 2.75) is 28.9 Å². The van der Waals surface area contributed by atoms with Gasteiger partial charge in [-0.1, -0.05) is 30.3 Å². The fourth-order valence-corrected chi connectivity index (χ4v) is 4.59. The summed E-state index contributed by atoms with van der Waals surface area (Å²) in [6, 6.07) is 22.8. The van der Waals surface area contributed by atoms with E-state index >= 15 is 0 Å². The molecule has 0 aliphatic carbocycles. The second-order valence-corrected chi connectivity index (χ2v) is 9.66. The molecule has 3 aromatic rings. The van der Waals surface area contributed by atoms with Gasteiger partial charge in [0.1, 0.15) is 0 Å². The van der Waals surface area contributed by atoms with Crippen LogP contribution >= 0.6 is 11.8 Å². The number of hydrogen-bond acceptors (Lipinski definition) is 4. The largest absolute Gasteiger partial charge is 0.325 e. The second-order valence-electron chi connectivity index (χ2n) is 6.56. The third-order valence-corrected chi connectivity index (χ3v) is 6.64. The highest BCUT2D eigenvalue weighted by Crippen LogP contribution is 2.26.